The Morgan fingerprint density at radius 3 is 2.27 bits per heavy atom. The number of hydrogen-bond acceptors (Lipinski definition) is 5. The van der Waals surface area contributed by atoms with Gasteiger partial charge in [0.1, 0.15) is 17.4 Å². The van der Waals surface area contributed by atoms with Crippen LogP contribution in [0.3, 0.4) is 0 Å². The van der Waals surface area contributed by atoms with Crippen molar-refractivity contribution >= 4 is 35.1 Å². The number of aliphatic hydroxyl groups excluding tert-OH is 1. The smallest absolute Gasteiger partial charge is 0.328 e. The molecule has 0 amide bonds. The molecule has 0 bridgehead atoms. The molecule has 0 aliphatic rings. The van der Waals surface area contributed by atoms with Crippen molar-refractivity contribution in [1.82, 2.24) is 5.32 Å². The van der Waals surface area contributed by atoms with E-state index in [1.807, 2.05) is 0 Å². The van der Waals surface area contributed by atoms with Gasteiger partial charge >= 0.3 is 11.9 Å². The minimum atomic E-state index is -1.26. The summed E-state index contributed by atoms with van der Waals surface area (Å²) in [4.78, 5) is 19.1. The van der Waals surface area contributed by atoms with E-state index >= 15 is 0 Å². The summed E-state index contributed by atoms with van der Waals surface area (Å²) in [7, 11) is 0. The van der Waals surface area contributed by atoms with Crippen molar-refractivity contribution in [3.8, 4) is 5.75 Å². The predicted molar refractivity (Wildman–Crippen MR) is 100 cm³/mol. The lowest BCUT2D eigenvalue weighted by atomic mass is 10.2. The lowest BCUT2D eigenvalue weighted by Crippen LogP contribution is -2.28. The highest BCUT2D eigenvalue weighted by molar-refractivity contribution is 6.42. The minimum absolute atomic E-state index is 0.208. The maximum atomic E-state index is 9.74. The molecule has 7 nitrogen and oxygen atoms in total. The van der Waals surface area contributed by atoms with Crippen molar-refractivity contribution < 1.29 is 29.6 Å². The molecule has 9 heteroatoms. The Morgan fingerprint density at radius 1 is 1.19 bits per heavy atom. The highest BCUT2D eigenvalue weighted by Gasteiger charge is 2.09. The number of carbonyl (C=O) groups is 2. The maximum absolute atomic E-state index is 9.74. The SMILES string of the molecule is CC(C)NCCC(O)COc1cccc(Cl)c1Cl.O=C(O)C=CC(=O)O. The van der Waals surface area contributed by atoms with Crippen molar-refractivity contribution in [3.63, 3.8) is 0 Å². The second-order valence-electron chi connectivity index (χ2n) is 5.42. The van der Waals surface area contributed by atoms with Crippen molar-refractivity contribution in [2.75, 3.05) is 13.2 Å². The van der Waals surface area contributed by atoms with Crippen molar-refractivity contribution in [2.45, 2.75) is 32.4 Å². The molecule has 1 unspecified atom stereocenters. The first kappa shape index (κ1) is 24.2. The maximum Gasteiger partial charge on any atom is 0.328 e. The van der Waals surface area contributed by atoms with Crippen LogP contribution in [-0.4, -0.2) is 52.6 Å². The van der Waals surface area contributed by atoms with Gasteiger partial charge < -0.3 is 25.4 Å². The topological polar surface area (TPSA) is 116 Å². The lowest BCUT2D eigenvalue weighted by molar-refractivity contribution is -0.134. The molecule has 0 fully saturated rings. The monoisotopic (exact) mass is 407 g/mol. The Kier molecular flexibility index (Phi) is 12.5. The number of halogens is 2. The molecule has 0 aliphatic heterocycles. The Morgan fingerprint density at radius 2 is 1.77 bits per heavy atom. The number of carboxylic acid groups (broad SMARTS) is 2. The Bertz CT molecular complexity index is 591. The van der Waals surface area contributed by atoms with Crippen LogP contribution in [0.5, 0.6) is 5.75 Å². The van der Waals surface area contributed by atoms with E-state index in [9.17, 15) is 14.7 Å². The van der Waals surface area contributed by atoms with Gasteiger partial charge in [-0.3, -0.25) is 0 Å². The lowest BCUT2D eigenvalue weighted by Gasteiger charge is -2.15. The van der Waals surface area contributed by atoms with Gasteiger partial charge in [0.2, 0.25) is 0 Å². The average molecular weight is 408 g/mol. The molecule has 4 N–H and O–H groups in total. The van der Waals surface area contributed by atoms with Crippen molar-refractivity contribution in [1.29, 1.82) is 0 Å². The predicted octanol–water partition coefficient (Wildman–Crippen LogP) is 2.83. The van der Waals surface area contributed by atoms with Crippen molar-refractivity contribution in [3.05, 3.63) is 40.4 Å². The molecule has 0 aromatic heterocycles. The molecule has 0 aliphatic carbocycles. The van der Waals surface area contributed by atoms with Gasteiger partial charge in [-0.15, -0.1) is 0 Å². The quantitative estimate of drug-likeness (QED) is 0.465. The van der Waals surface area contributed by atoms with Gasteiger partial charge in [0.15, 0.2) is 0 Å². The Labute approximate surface area is 162 Å². The van der Waals surface area contributed by atoms with Gasteiger partial charge in [0, 0.05) is 18.2 Å². The fraction of sp³-hybridized carbons (Fsp3) is 0.412. The van der Waals surface area contributed by atoms with Gasteiger partial charge in [0.05, 0.1) is 11.1 Å². The molecule has 1 aromatic rings. The van der Waals surface area contributed by atoms with E-state index in [1.165, 1.54) is 0 Å². The van der Waals surface area contributed by atoms with Gasteiger partial charge in [-0.05, 0) is 25.1 Å². The van der Waals surface area contributed by atoms with Gasteiger partial charge in [-0.2, -0.15) is 0 Å². The molecule has 26 heavy (non-hydrogen) atoms. The van der Waals surface area contributed by atoms with Crippen LogP contribution in [0.4, 0.5) is 0 Å². The summed E-state index contributed by atoms with van der Waals surface area (Å²) in [6.07, 6.45) is 1.23. The molecule has 0 heterocycles. The fourth-order valence-corrected chi connectivity index (χ4v) is 1.89. The second-order valence-corrected chi connectivity index (χ2v) is 6.21. The molecular weight excluding hydrogens is 385 g/mol. The molecule has 0 saturated carbocycles. The zero-order valence-electron chi connectivity index (χ0n) is 14.5. The minimum Gasteiger partial charge on any atom is -0.489 e. The van der Waals surface area contributed by atoms with Crippen LogP contribution in [0.2, 0.25) is 10.0 Å². The number of ether oxygens (including phenoxy) is 1. The van der Waals surface area contributed by atoms with Crippen LogP contribution >= 0.6 is 23.2 Å². The number of rotatable bonds is 9. The molecule has 1 atom stereocenters. The number of carboxylic acids is 2. The standard InChI is InChI=1S/C13H19Cl2NO2.C4H4O4/c1-9(2)16-7-6-10(17)8-18-12-5-3-4-11(14)13(12)15;5-3(6)1-2-4(7)8/h3-5,9-10,16-17H,6-8H2,1-2H3;1-2H,(H,5,6)(H,7,8). The highest BCUT2D eigenvalue weighted by Crippen LogP contribution is 2.31. The van der Waals surface area contributed by atoms with Crippen LogP contribution in [0, 0.1) is 0 Å². The number of aliphatic carboxylic acids is 2. The van der Waals surface area contributed by atoms with Crippen LogP contribution in [-0.2, 0) is 9.59 Å². The Hall–Kier alpha value is -1.80. The largest absolute Gasteiger partial charge is 0.489 e. The van der Waals surface area contributed by atoms with Crippen molar-refractivity contribution in [2.24, 2.45) is 0 Å². The zero-order chi connectivity index (χ0) is 20.1. The summed E-state index contributed by atoms with van der Waals surface area (Å²) in [5, 5.41) is 29.4. The van der Waals surface area contributed by atoms with E-state index in [4.69, 9.17) is 38.2 Å². The average Bonchev–Trinajstić information content (AvgIpc) is 2.54. The van der Waals surface area contributed by atoms with Crippen LogP contribution in [0.1, 0.15) is 20.3 Å². The van der Waals surface area contributed by atoms with E-state index < -0.39 is 18.0 Å². The number of nitrogens with one attached hydrogen (secondary N) is 1. The number of benzene rings is 1. The van der Waals surface area contributed by atoms with Crippen LogP contribution < -0.4 is 10.1 Å². The first-order valence-electron chi connectivity index (χ1n) is 7.75. The number of aliphatic hydroxyl groups is 1. The zero-order valence-corrected chi connectivity index (χ0v) is 16.0. The van der Waals surface area contributed by atoms with E-state index in [0.717, 1.165) is 6.54 Å². The molecule has 0 spiro atoms. The molecular formula is C17H23Cl2NO6. The van der Waals surface area contributed by atoms with Crippen LogP contribution in [0.15, 0.2) is 30.4 Å². The molecule has 1 rings (SSSR count). The third-order valence-electron chi connectivity index (χ3n) is 2.75. The summed E-state index contributed by atoms with van der Waals surface area (Å²) in [5.74, 6) is -2.01. The molecule has 0 saturated heterocycles. The molecule has 146 valence electrons. The highest BCUT2D eigenvalue weighted by atomic mass is 35.5. The molecule has 0 radical (unpaired) electrons. The summed E-state index contributed by atoms with van der Waals surface area (Å²) >= 11 is 11.8. The van der Waals surface area contributed by atoms with E-state index in [2.05, 4.69) is 19.2 Å². The number of hydrogen-bond donors (Lipinski definition) is 4. The third kappa shape index (κ3) is 12.5. The fourth-order valence-electron chi connectivity index (χ4n) is 1.55. The van der Waals surface area contributed by atoms with Gasteiger partial charge in [-0.25, -0.2) is 9.59 Å². The third-order valence-corrected chi connectivity index (χ3v) is 3.55. The van der Waals surface area contributed by atoms with E-state index in [-0.39, 0.29) is 6.61 Å². The van der Waals surface area contributed by atoms with Crippen LogP contribution in [0.25, 0.3) is 0 Å². The second kappa shape index (κ2) is 13.4. The normalized spacial score (nSPS) is 11.8. The van der Waals surface area contributed by atoms with Gasteiger partial charge in [-0.1, -0.05) is 43.1 Å². The van der Waals surface area contributed by atoms with E-state index in [1.54, 1.807) is 18.2 Å². The molecule has 1 aromatic carbocycles. The summed E-state index contributed by atoms with van der Waals surface area (Å²) in [6, 6.07) is 5.60. The van der Waals surface area contributed by atoms with E-state index in [0.29, 0.717) is 40.4 Å². The first-order chi connectivity index (χ1) is 12.1. The summed E-state index contributed by atoms with van der Waals surface area (Å²) < 4.78 is 5.44. The summed E-state index contributed by atoms with van der Waals surface area (Å²) in [5.41, 5.74) is 0. The van der Waals surface area contributed by atoms with Gasteiger partial charge in [0.25, 0.3) is 0 Å². The first-order valence-corrected chi connectivity index (χ1v) is 8.51. The Balaban J connectivity index is 0.000000660. The summed E-state index contributed by atoms with van der Waals surface area (Å²) in [6.45, 7) is 5.09.